The molecule has 1 atom stereocenters. The van der Waals surface area contributed by atoms with Crippen molar-refractivity contribution in [3.05, 3.63) is 58.2 Å². The van der Waals surface area contributed by atoms with Crippen LogP contribution in [-0.2, 0) is 11.2 Å². The highest BCUT2D eigenvalue weighted by molar-refractivity contribution is 6.31. The lowest BCUT2D eigenvalue weighted by Gasteiger charge is -2.15. The Hall–Kier alpha value is -2.57. The maximum absolute atomic E-state index is 14.8. The normalized spacial score (nSPS) is 19.0. The number of nitrogens with two attached hydrogens (primary N) is 1. The highest BCUT2D eigenvalue weighted by Gasteiger charge is 2.46. The van der Waals surface area contributed by atoms with Crippen LogP contribution in [0, 0.1) is 12.7 Å². The smallest absolute Gasteiger partial charge is 0.223 e. The van der Waals surface area contributed by atoms with E-state index in [1.165, 1.54) is 17.2 Å². The van der Waals surface area contributed by atoms with Crippen LogP contribution in [0.25, 0.3) is 22.5 Å². The van der Waals surface area contributed by atoms with E-state index in [-0.39, 0.29) is 23.1 Å². The van der Waals surface area contributed by atoms with Crippen LogP contribution in [0.15, 0.2) is 34.9 Å². The third kappa shape index (κ3) is 3.34. The minimum atomic E-state index is -0.585. The molecule has 5 rings (SSSR count). The van der Waals surface area contributed by atoms with E-state index >= 15 is 0 Å². The number of carbonyl (C=O) groups is 1. The molecule has 1 aromatic heterocycles. The number of aryl methyl sites for hydroxylation is 2. The minimum Gasteiger partial charge on any atom is -0.339 e. The van der Waals surface area contributed by atoms with Gasteiger partial charge in [-0.15, -0.1) is 0 Å². The third-order valence-corrected chi connectivity index (χ3v) is 6.46. The summed E-state index contributed by atoms with van der Waals surface area (Å²) in [6.45, 7) is 1.66. The molecule has 1 fully saturated rings. The molecule has 3 aromatic rings. The molecule has 154 valence electrons. The number of ketones is 1. The van der Waals surface area contributed by atoms with E-state index in [1.807, 2.05) is 12.1 Å². The molecule has 2 aromatic carbocycles. The van der Waals surface area contributed by atoms with Crippen LogP contribution in [0.3, 0.4) is 0 Å². The van der Waals surface area contributed by atoms with E-state index in [0.717, 1.165) is 31.2 Å². The molecular formula is C23H21ClFN3O2. The van der Waals surface area contributed by atoms with E-state index in [0.29, 0.717) is 22.9 Å². The molecule has 0 amide bonds. The van der Waals surface area contributed by atoms with Crippen LogP contribution in [0.2, 0.25) is 5.02 Å². The number of hydrogen-bond acceptors (Lipinski definition) is 5. The summed E-state index contributed by atoms with van der Waals surface area (Å²) < 4.78 is 19.9. The molecule has 1 saturated carbocycles. The molecule has 2 N–H and O–H groups in total. The first-order valence-corrected chi connectivity index (χ1v) is 10.5. The zero-order valence-corrected chi connectivity index (χ0v) is 17.3. The fourth-order valence-electron chi connectivity index (χ4n) is 4.36. The Morgan fingerprint density at radius 2 is 2.13 bits per heavy atom. The topological polar surface area (TPSA) is 82.0 Å². The quantitative estimate of drug-likeness (QED) is 0.623. The predicted octanol–water partition coefficient (Wildman–Crippen LogP) is 4.98. The number of hydrogen-bond donors (Lipinski definition) is 1. The summed E-state index contributed by atoms with van der Waals surface area (Å²) in [7, 11) is 0. The van der Waals surface area contributed by atoms with E-state index < -0.39 is 11.4 Å². The summed E-state index contributed by atoms with van der Waals surface area (Å²) in [5, 5.41) is 4.19. The summed E-state index contributed by atoms with van der Waals surface area (Å²) in [6.07, 6.45) is 3.87. The number of carbonyl (C=O) groups excluding carboxylic acids is 1. The molecule has 2 aliphatic rings. The average molecular weight is 426 g/mol. The fourth-order valence-corrected chi connectivity index (χ4v) is 4.56. The summed E-state index contributed by atoms with van der Waals surface area (Å²) in [4.78, 5) is 16.6. The largest absolute Gasteiger partial charge is 0.339 e. The maximum atomic E-state index is 14.8. The van der Waals surface area contributed by atoms with Crippen LogP contribution in [0.1, 0.15) is 48.6 Å². The molecule has 0 saturated heterocycles. The zero-order chi connectivity index (χ0) is 21.0. The first-order chi connectivity index (χ1) is 14.3. The molecule has 7 heteroatoms. The third-order valence-electron chi connectivity index (χ3n) is 6.24. The lowest BCUT2D eigenvalue weighted by atomic mass is 9.90. The van der Waals surface area contributed by atoms with E-state index in [4.69, 9.17) is 21.9 Å². The van der Waals surface area contributed by atoms with Crippen molar-refractivity contribution in [2.45, 2.75) is 50.5 Å². The second kappa shape index (κ2) is 7.00. The van der Waals surface area contributed by atoms with Crippen molar-refractivity contribution in [1.29, 1.82) is 0 Å². The van der Waals surface area contributed by atoms with Gasteiger partial charge in [0.2, 0.25) is 11.7 Å². The lowest BCUT2D eigenvalue weighted by molar-refractivity contribution is -0.121. The van der Waals surface area contributed by atoms with Crippen LogP contribution in [0.5, 0.6) is 0 Å². The van der Waals surface area contributed by atoms with E-state index in [1.54, 1.807) is 13.0 Å². The number of Topliss-reactive ketones (excluding diaryl/α,β-unsaturated/α-hetero) is 1. The highest BCUT2D eigenvalue weighted by atomic mass is 35.5. The molecule has 0 unspecified atom stereocenters. The van der Waals surface area contributed by atoms with Gasteiger partial charge >= 0.3 is 0 Å². The van der Waals surface area contributed by atoms with Crippen LogP contribution in [0.4, 0.5) is 4.39 Å². The van der Waals surface area contributed by atoms with Gasteiger partial charge in [0.1, 0.15) is 5.82 Å². The first kappa shape index (κ1) is 19.4. The number of halogens is 2. The number of nitrogens with zero attached hydrogens (tertiary/aromatic N) is 2. The SMILES string of the molecule is Cc1nc(-c2c(F)cc(Cl)cc2-c2ccc3c(c2)CC[C@@H]3CC(=O)C2(N)CC2)no1. The van der Waals surface area contributed by atoms with Crippen molar-refractivity contribution in [3.8, 4) is 22.5 Å². The number of benzene rings is 2. The molecule has 30 heavy (non-hydrogen) atoms. The van der Waals surface area contributed by atoms with Gasteiger partial charge in [0.15, 0.2) is 5.78 Å². The molecule has 0 spiro atoms. The van der Waals surface area contributed by atoms with Gasteiger partial charge in [0, 0.05) is 18.4 Å². The number of rotatable bonds is 5. The summed E-state index contributed by atoms with van der Waals surface area (Å²) in [6, 6.07) is 9.00. The molecule has 5 nitrogen and oxygen atoms in total. The molecular weight excluding hydrogens is 405 g/mol. The Kier molecular flexibility index (Phi) is 4.52. The number of fused-ring (bicyclic) bond motifs is 1. The molecule has 1 heterocycles. The Balaban J connectivity index is 1.52. The van der Waals surface area contributed by atoms with Crippen molar-refractivity contribution in [2.24, 2.45) is 5.73 Å². The molecule has 2 aliphatic carbocycles. The van der Waals surface area contributed by atoms with Crippen LogP contribution < -0.4 is 5.73 Å². The number of aromatic nitrogens is 2. The highest BCUT2D eigenvalue weighted by Crippen LogP contribution is 2.43. The van der Waals surface area contributed by atoms with Crippen LogP contribution >= 0.6 is 11.6 Å². The second-order valence-corrected chi connectivity index (χ2v) is 8.82. The fraction of sp³-hybridized carbons (Fsp3) is 0.348. The Bertz CT molecular complexity index is 1170. The second-order valence-electron chi connectivity index (χ2n) is 8.38. The predicted molar refractivity (Wildman–Crippen MR) is 112 cm³/mol. The van der Waals surface area contributed by atoms with Gasteiger partial charge in [0.05, 0.1) is 11.1 Å². The molecule has 0 bridgehead atoms. The minimum absolute atomic E-state index is 0.163. The van der Waals surface area contributed by atoms with Gasteiger partial charge in [-0.3, -0.25) is 4.79 Å². The lowest BCUT2D eigenvalue weighted by Crippen LogP contribution is -2.33. The van der Waals surface area contributed by atoms with Gasteiger partial charge in [-0.05, 0) is 66.0 Å². The van der Waals surface area contributed by atoms with Gasteiger partial charge in [-0.25, -0.2) is 4.39 Å². The van der Waals surface area contributed by atoms with Crippen molar-refractivity contribution < 1.29 is 13.7 Å². The zero-order valence-electron chi connectivity index (χ0n) is 16.5. The van der Waals surface area contributed by atoms with Crippen molar-refractivity contribution in [2.75, 3.05) is 0 Å². The maximum Gasteiger partial charge on any atom is 0.223 e. The summed E-state index contributed by atoms with van der Waals surface area (Å²) in [5.74, 6) is 0.410. The summed E-state index contributed by atoms with van der Waals surface area (Å²) in [5.41, 5.74) is 9.54. The van der Waals surface area contributed by atoms with Crippen molar-refractivity contribution in [1.82, 2.24) is 10.1 Å². The average Bonchev–Trinajstić information content (AvgIpc) is 3.13. The Morgan fingerprint density at radius 1 is 1.33 bits per heavy atom. The van der Waals surface area contributed by atoms with Crippen molar-refractivity contribution >= 4 is 17.4 Å². The standard InChI is InChI=1S/C23H21ClFN3O2/c1-12-27-22(28-30-12)21-18(10-16(24)11-19(21)25)14-4-5-17-13(8-14)2-3-15(17)9-20(29)23(26)6-7-23/h4-5,8,10-11,15H,2-3,6-7,9,26H2,1H3/t15-/m1/s1. The first-order valence-electron chi connectivity index (χ1n) is 10.1. The molecule has 0 aliphatic heterocycles. The van der Waals surface area contributed by atoms with Gasteiger partial charge in [0.25, 0.3) is 0 Å². The molecule has 0 radical (unpaired) electrons. The van der Waals surface area contributed by atoms with Crippen molar-refractivity contribution in [3.63, 3.8) is 0 Å². The van der Waals surface area contributed by atoms with E-state index in [2.05, 4.69) is 16.2 Å². The Morgan fingerprint density at radius 3 is 2.83 bits per heavy atom. The Labute approximate surface area is 178 Å². The summed E-state index contributed by atoms with van der Waals surface area (Å²) >= 11 is 6.16. The van der Waals surface area contributed by atoms with E-state index in [9.17, 15) is 9.18 Å². The van der Waals surface area contributed by atoms with Gasteiger partial charge in [-0.1, -0.05) is 35.0 Å². The van der Waals surface area contributed by atoms with Crippen LogP contribution in [-0.4, -0.2) is 21.5 Å². The van der Waals surface area contributed by atoms with Gasteiger partial charge in [-0.2, -0.15) is 4.98 Å². The monoisotopic (exact) mass is 425 g/mol. The van der Waals surface area contributed by atoms with Gasteiger partial charge < -0.3 is 10.3 Å².